The maximum Gasteiger partial charge on any atom is 0.253 e. The van der Waals surface area contributed by atoms with E-state index < -0.39 is 5.41 Å². The summed E-state index contributed by atoms with van der Waals surface area (Å²) in [5.74, 6) is 0. The summed E-state index contributed by atoms with van der Waals surface area (Å²) in [5, 5.41) is 0. The van der Waals surface area contributed by atoms with E-state index >= 15 is 0 Å². The minimum atomic E-state index is -0.576. The molecule has 9 aromatic carbocycles. The Labute approximate surface area is 426 Å². The van der Waals surface area contributed by atoms with Gasteiger partial charge in [-0.05, 0) is 165 Å². The normalized spacial score (nSPS) is 18.4. The molecule has 72 heavy (non-hydrogen) atoms. The van der Waals surface area contributed by atoms with Crippen LogP contribution < -0.4 is 26.2 Å². The van der Waals surface area contributed by atoms with Gasteiger partial charge in [0.2, 0.25) is 0 Å². The molecule has 6 aliphatic rings. The fourth-order valence-corrected chi connectivity index (χ4v) is 16.3. The third-order valence-electron chi connectivity index (χ3n) is 18.3. The number of nitrogens with zero attached hydrogens (tertiary/aromatic N) is 2. The molecule has 3 aliphatic carbocycles. The first-order chi connectivity index (χ1) is 34.7. The highest BCUT2D eigenvalue weighted by Gasteiger charge is 2.62. The Balaban J connectivity index is 1.18. The minimum Gasteiger partial charge on any atom is -0.311 e. The predicted molar refractivity (Wildman–Crippen MR) is 304 cm³/mol. The lowest BCUT2D eigenvalue weighted by Crippen LogP contribution is -2.68. The summed E-state index contributed by atoms with van der Waals surface area (Å²) in [4.78, 5) is 5.50. The Hall–Kier alpha value is -7.36. The van der Waals surface area contributed by atoms with Gasteiger partial charge >= 0.3 is 0 Å². The fraction of sp³-hybridized carbons (Fsp3) is 0.217. The summed E-state index contributed by atoms with van der Waals surface area (Å²) in [7, 11) is 0. The highest BCUT2D eigenvalue weighted by atomic mass is 15.2. The number of anilines is 6. The molecule has 0 amide bonds. The van der Waals surface area contributed by atoms with E-state index in [2.05, 4.69) is 253 Å². The van der Waals surface area contributed by atoms with E-state index in [1.165, 1.54) is 128 Å². The molecular weight excluding hydrogens is 868 g/mol. The second-order valence-corrected chi connectivity index (χ2v) is 24.6. The molecule has 3 heterocycles. The minimum absolute atomic E-state index is 0.0143. The Morgan fingerprint density at radius 1 is 0.333 bits per heavy atom. The van der Waals surface area contributed by atoms with Gasteiger partial charge in [-0.15, -0.1) is 0 Å². The lowest BCUT2D eigenvalue weighted by molar-refractivity contribution is 0.403. The van der Waals surface area contributed by atoms with Crippen molar-refractivity contribution in [3.63, 3.8) is 0 Å². The zero-order valence-corrected chi connectivity index (χ0v) is 42.8. The van der Waals surface area contributed by atoms with Gasteiger partial charge in [-0.3, -0.25) is 0 Å². The molecule has 1 spiro atoms. The van der Waals surface area contributed by atoms with Gasteiger partial charge in [0.25, 0.3) is 6.71 Å². The third kappa shape index (κ3) is 5.26. The summed E-state index contributed by atoms with van der Waals surface area (Å²) in [6.07, 6.45) is 2.14. The average molecular weight is 927 g/mol. The van der Waals surface area contributed by atoms with Gasteiger partial charge in [0.1, 0.15) is 0 Å². The van der Waals surface area contributed by atoms with Crippen molar-refractivity contribution in [2.75, 3.05) is 9.80 Å². The van der Waals surface area contributed by atoms with Crippen molar-refractivity contribution in [3.8, 4) is 33.4 Å². The van der Waals surface area contributed by atoms with Crippen molar-refractivity contribution in [2.24, 2.45) is 0 Å². The van der Waals surface area contributed by atoms with Gasteiger partial charge in [-0.25, -0.2) is 0 Å². The quantitative estimate of drug-likeness (QED) is 0.162. The van der Waals surface area contributed by atoms with Gasteiger partial charge < -0.3 is 9.80 Å². The van der Waals surface area contributed by atoms with Crippen molar-refractivity contribution in [2.45, 2.75) is 95.3 Å². The van der Waals surface area contributed by atoms with E-state index in [9.17, 15) is 0 Å². The molecule has 0 radical (unpaired) electrons. The predicted octanol–water partition coefficient (Wildman–Crippen LogP) is 15.7. The van der Waals surface area contributed by atoms with Crippen LogP contribution in [0.25, 0.3) is 33.4 Å². The lowest BCUT2D eigenvalue weighted by atomic mass is 9.27. The Bertz CT molecular complexity index is 3600. The number of rotatable bonds is 4. The van der Waals surface area contributed by atoms with Crippen molar-refractivity contribution in [1.29, 1.82) is 0 Å². The lowest BCUT2D eigenvalue weighted by Gasteiger charge is -2.53. The van der Waals surface area contributed by atoms with Crippen LogP contribution in [0.3, 0.4) is 0 Å². The van der Waals surface area contributed by atoms with Crippen LogP contribution in [0.5, 0.6) is 0 Å². The maximum absolute atomic E-state index is 2.77. The highest BCUT2D eigenvalue weighted by molar-refractivity contribution is 7.01. The molecule has 0 saturated heterocycles. The molecule has 3 aliphatic heterocycles. The van der Waals surface area contributed by atoms with Crippen LogP contribution in [0.4, 0.5) is 34.1 Å². The Morgan fingerprint density at radius 3 is 1.15 bits per heavy atom. The largest absolute Gasteiger partial charge is 0.311 e. The average Bonchev–Trinajstić information content (AvgIpc) is 3.86. The third-order valence-corrected chi connectivity index (χ3v) is 18.3. The van der Waals surface area contributed by atoms with Gasteiger partial charge in [-0.2, -0.15) is 0 Å². The van der Waals surface area contributed by atoms with E-state index in [0.29, 0.717) is 0 Å². The Morgan fingerprint density at radius 2 is 0.708 bits per heavy atom. The molecule has 2 nitrogen and oxygen atoms in total. The zero-order chi connectivity index (χ0) is 48.8. The van der Waals surface area contributed by atoms with Crippen LogP contribution in [0.15, 0.2) is 188 Å². The van der Waals surface area contributed by atoms with Gasteiger partial charge in [-0.1, -0.05) is 207 Å². The van der Waals surface area contributed by atoms with Crippen molar-refractivity contribution in [3.05, 3.63) is 233 Å². The van der Waals surface area contributed by atoms with Crippen LogP contribution in [0.2, 0.25) is 0 Å². The van der Waals surface area contributed by atoms with Crippen LogP contribution in [-0.4, -0.2) is 6.71 Å². The number of benzene rings is 9. The molecule has 348 valence electrons. The van der Waals surface area contributed by atoms with Crippen LogP contribution in [0, 0.1) is 0 Å². The van der Waals surface area contributed by atoms with E-state index in [1.807, 2.05) is 0 Å². The summed E-state index contributed by atoms with van der Waals surface area (Å²) >= 11 is 0. The number of para-hydroxylation sites is 2. The fourth-order valence-electron chi connectivity index (χ4n) is 16.3. The topological polar surface area (TPSA) is 6.48 Å². The summed E-state index contributed by atoms with van der Waals surface area (Å²) in [6.45, 7) is 20.2. The number of hydrogen-bond donors (Lipinski definition) is 0. The Kier molecular flexibility index (Phi) is 8.22. The molecule has 0 unspecified atom stereocenters. The van der Waals surface area contributed by atoms with Crippen molar-refractivity contribution >= 4 is 57.2 Å². The zero-order valence-electron chi connectivity index (χ0n) is 42.8. The van der Waals surface area contributed by atoms with Crippen molar-refractivity contribution in [1.82, 2.24) is 0 Å². The molecule has 9 aromatic rings. The SMILES string of the molecule is CC1(C)CC(C)(C)c2c1cc1c3c2N(c2ccccc2)c2cc(-c4ccc(-c5ccccc5)cc4)cc4c2B3c2c(cc3c(c2N4c2ccccc2)C(C)(C)CC3(C)C)C12c1ccccc1-c1ccccc12. The first kappa shape index (κ1) is 42.3. The summed E-state index contributed by atoms with van der Waals surface area (Å²) in [6, 6.07) is 72.5. The summed E-state index contributed by atoms with van der Waals surface area (Å²) in [5.41, 5.74) is 30.6. The van der Waals surface area contributed by atoms with E-state index in [0.717, 1.165) is 12.8 Å². The standard InChI is InChI=1S/C69H59BN2/c1-65(2)40-67(5,6)58-52(65)38-54-60-63(58)71(46-24-14-10-15-25-46)56-36-45(44-34-32-43(33-35-44)42-22-12-9-13-23-42)37-57-62(56)70(60)61-55(69(54)50-30-20-18-28-48(50)49-29-19-21-31-51(49)69)39-53-59(68(7,8)41-66(53,3)4)64(61)72(57)47-26-16-11-17-27-47/h9-39H,40-41H2,1-8H3. The number of hydrogen-bond acceptors (Lipinski definition) is 2. The molecule has 0 atom stereocenters. The summed E-state index contributed by atoms with van der Waals surface area (Å²) < 4.78 is 0. The highest BCUT2D eigenvalue weighted by Crippen LogP contribution is 2.65. The molecule has 0 bridgehead atoms. The van der Waals surface area contributed by atoms with Crippen LogP contribution >= 0.6 is 0 Å². The van der Waals surface area contributed by atoms with Crippen LogP contribution in [0.1, 0.15) is 113 Å². The van der Waals surface area contributed by atoms with Gasteiger partial charge in [0.15, 0.2) is 0 Å². The van der Waals surface area contributed by atoms with Crippen LogP contribution in [-0.2, 0) is 27.1 Å². The first-order valence-electron chi connectivity index (χ1n) is 26.4. The van der Waals surface area contributed by atoms with Crippen molar-refractivity contribution < 1.29 is 0 Å². The molecule has 3 heteroatoms. The van der Waals surface area contributed by atoms with E-state index in [4.69, 9.17) is 0 Å². The smallest absolute Gasteiger partial charge is 0.253 e. The molecule has 0 fully saturated rings. The van der Waals surface area contributed by atoms with Gasteiger partial charge in [0.05, 0.1) is 5.41 Å². The second kappa shape index (κ2) is 14.0. The molecule has 15 rings (SSSR count). The molecule has 0 saturated carbocycles. The van der Waals surface area contributed by atoms with E-state index in [-0.39, 0.29) is 28.4 Å². The molecule has 0 aromatic heterocycles. The molecule has 0 N–H and O–H groups in total. The number of fused-ring (bicyclic) bond motifs is 11. The first-order valence-corrected chi connectivity index (χ1v) is 26.4. The maximum atomic E-state index is 2.77. The molecular formula is C69H59BN2. The van der Waals surface area contributed by atoms with Gasteiger partial charge in [0, 0.05) is 34.1 Å². The van der Waals surface area contributed by atoms with E-state index in [1.54, 1.807) is 0 Å². The monoisotopic (exact) mass is 926 g/mol. The second-order valence-electron chi connectivity index (χ2n) is 24.6.